The van der Waals surface area contributed by atoms with E-state index in [2.05, 4.69) is 20.9 Å². The number of nitrogens with zero attached hydrogens (tertiary/aromatic N) is 2. The van der Waals surface area contributed by atoms with Crippen LogP contribution in [0.4, 0.5) is 4.39 Å². The van der Waals surface area contributed by atoms with Crippen LogP contribution >= 0.6 is 24.0 Å². The molecule has 0 aliphatic carbocycles. The lowest BCUT2D eigenvalue weighted by atomic mass is 10.1. The number of hydrogen-bond acceptors (Lipinski definition) is 3. The van der Waals surface area contributed by atoms with Gasteiger partial charge in [0.05, 0.1) is 12.6 Å². The van der Waals surface area contributed by atoms with Crippen molar-refractivity contribution in [3.05, 3.63) is 35.6 Å². The van der Waals surface area contributed by atoms with E-state index >= 15 is 0 Å². The Labute approximate surface area is 173 Å². The van der Waals surface area contributed by atoms with E-state index in [0.717, 1.165) is 5.56 Å². The maximum atomic E-state index is 13.1. The zero-order valence-corrected chi connectivity index (χ0v) is 18.7. The first-order valence-electron chi connectivity index (χ1n) is 8.30. The zero-order valence-electron chi connectivity index (χ0n) is 16.4. The summed E-state index contributed by atoms with van der Waals surface area (Å²) < 4.78 is 13.1. The zero-order chi connectivity index (χ0) is 19.0. The molecule has 0 aliphatic rings. The molecule has 0 aromatic heterocycles. The Kier molecular flexibility index (Phi) is 10.7. The van der Waals surface area contributed by atoms with Crippen molar-refractivity contribution in [2.45, 2.75) is 32.4 Å². The molecule has 0 saturated carbocycles. The maximum absolute atomic E-state index is 13.1. The second kappa shape index (κ2) is 11.3. The Bertz CT molecular complexity index is 584. The largest absolute Gasteiger partial charge is 0.354 e. The molecule has 6 nitrogen and oxygen atoms in total. The molecular formula is C18H31FIN5O. The summed E-state index contributed by atoms with van der Waals surface area (Å²) in [5.74, 6) is 0.188. The van der Waals surface area contributed by atoms with Crippen molar-refractivity contribution in [1.29, 1.82) is 0 Å². The van der Waals surface area contributed by atoms with Crippen LogP contribution in [0.5, 0.6) is 0 Å². The van der Waals surface area contributed by atoms with E-state index in [-0.39, 0.29) is 53.8 Å². The molecule has 8 heteroatoms. The number of guanidine groups is 1. The fourth-order valence-corrected chi connectivity index (χ4v) is 2.32. The van der Waals surface area contributed by atoms with Gasteiger partial charge < -0.3 is 20.9 Å². The smallest absolute Gasteiger partial charge is 0.239 e. The number of carbonyl (C=O) groups is 1. The van der Waals surface area contributed by atoms with E-state index in [1.54, 1.807) is 19.2 Å². The average Bonchev–Trinajstić information content (AvgIpc) is 2.50. The monoisotopic (exact) mass is 479 g/mol. The number of amides is 1. The Hall–Kier alpha value is -1.42. The summed E-state index contributed by atoms with van der Waals surface area (Å²) in [5.41, 5.74) is 0.730. The number of hydrogen-bond donors (Lipinski definition) is 3. The van der Waals surface area contributed by atoms with Gasteiger partial charge in [-0.3, -0.25) is 9.79 Å². The highest BCUT2D eigenvalue weighted by molar-refractivity contribution is 14.0. The van der Waals surface area contributed by atoms with Crippen molar-refractivity contribution in [3.63, 3.8) is 0 Å². The minimum atomic E-state index is -0.270. The summed E-state index contributed by atoms with van der Waals surface area (Å²) >= 11 is 0. The average molecular weight is 479 g/mol. The van der Waals surface area contributed by atoms with Gasteiger partial charge in [-0.25, -0.2) is 4.39 Å². The Morgan fingerprint density at radius 3 is 2.23 bits per heavy atom. The first kappa shape index (κ1) is 24.6. The van der Waals surface area contributed by atoms with Gasteiger partial charge in [-0.15, -0.1) is 24.0 Å². The normalized spacial score (nSPS) is 13.0. The molecule has 1 rings (SSSR count). The van der Waals surface area contributed by atoms with Crippen LogP contribution in [0.15, 0.2) is 29.3 Å². The third-order valence-electron chi connectivity index (χ3n) is 3.50. The maximum Gasteiger partial charge on any atom is 0.239 e. The summed E-state index contributed by atoms with van der Waals surface area (Å²) in [4.78, 5) is 18.1. The molecule has 0 bridgehead atoms. The highest BCUT2D eigenvalue weighted by Crippen LogP contribution is 2.17. The molecular weight excluding hydrogens is 448 g/mol. The number of aliphatic imine (C=N–C) groups is 1. The first-order valence-corrected chi connectivity index (χ1v) is 8.30. The van der Waals surface area contributed by atoms with E-state index < -0.39 is 0 Å². The molecule has 3 N–H and O–H groups in total. The lowest BCUT2D eigenvalue weighted by Crippen LogP contribution is -2.49. The topological polar surface area (TPSA) is 68.8 Å². The van der Waals surface area contributed by atoms with Crippen LogP contribution in [-0.4, -0.2) is 56.5 Å². The van der Waals surface area contributed by atoms with Crippen LogP contribution in [0, 0.1) is 5.82 Å². The molecule has 0 heterocycles. The van der Waals surface area contributed by atoms with Crippen molar-refractivity contribution in [2.75, 3.05) is 34.2 Å². The number of halogens is 2. The van der Waals surface area contributed by atoms with E-state index in [0.29, 0.717) is 12.5 Å². The summed E-state index contributed by atoms with van der Waals surface area (Å²) in [6, 6.07) is 6.50. The van der Waals surface area contributed by atoms with Gasteiger partial charge in [-0.1, -0.05) is 12.1 Å². The number of benzene rings is 1. The van der Waals surface area contributed by atoms with Crippen LogP contribution in [0.1, 0.15) is 32.4 Å². The van der Waals surface area contributed by atoms with Crippen molar-refractivity contribution in [3.8, 4) is 0 Å². The van der Waals surface area contributed by atoms with Crippen molar-refractivity contribution in [1.82, 2.24) is 20.9 Å². The molecule has 148 valence electrons. The number of nitrogens with one attached hydrogen (secondary N) is 3. The molecule has 0 radical (unpaired) electrons. The van der Waals surface area contributed by atoms with E-state index in [1.165, 1.54) is 12.1 Å². The summed E-state index contributed by atoms with van der Waals surface area (Å²) in [6.45, 7) is 6.51. The van der Waals surface area contributed by atoms with E-state index in [9.17, 15) is 9.18 Å². The predicted molar refractivity (Wildman–Crippen MR) is 116 cm³/mol. The van der Waals surface area contributed by atoms with Gasteiger partial charge in [-0.05, 0) is 52.6 Å². The molecule has 0 spiro atoms. The third kappa shape index (κ3) is 9.33. The predicted octanol–water partition coefficient (Wildman–Crippen LogP) is 2.13. The number of likely N-dealkylation sites (N-methyl/N-ethyl adjacent to an activating group) is 1. The number of rotatable bonds is 6. The van der Waals surface area contributed by atoms with Gasteiger partial charge >= 0.3 is 0 Å². The Balaban J connectivity index is 0.00000625. The summed E-state index contributed by atoms with van der Waals surface area (Å²) in [6.07, 6.45) is 0. The summed E-state index contributed by atoms with van der Waals surface area (Å²) in [5, 5.41) is 9.09. The van der Waals surface area contributed by atoms with Crippen molar-refractivity contribution >= 4 is 35.8 Å². The molecule has 0 saturated heterocycles. The molecule has 0 aliphatic heterocycles. The van der Waals surface area contributed by atoms with Gasteiger partial charge in [0.25, 0.3) is 0 Å². The summed E-state index contributed by atoms with van der Waals surface area (Å²) in [7, 11) is 5.57. The van der Waals surface area contributed by atoms with Crippen LogP contribution in [0.3, 0.4) is 0 Å². The standard InChI is InChI=1S/C18H30FN5O.HI/c1-18(2,3)23-16(25)12-22-17(20-4)21-11-15(24(5)6)13-7-9-14(19)10-8-13;/h7-10,15H,11-12H2,1-6H3,(H,23,25)(H2,20,21,22);1H. The minimum absolute atomic E-state index is 0. The van der Waals surface area contributed by atoms with Gasteiger partial charge in [0.1, 0.15) is 5.82 Å². The SMILES string of the molecule is CN=C(NCC(=O)NC(C)(C)C)NCC(c1ccc(F)cc1)N(C)C.I. The van der Waals surface area contributed by atoms with E-state index in [1.807, 2.05) is 39.8 Å². The first-order chi connectivity index (χ1) is 11.6. The number of carbonyl (C=O) groups excluding carboxylic acids is 1. The second-order valence-electron chi connectivity index (χ2n) is 7.14. The lowest BCUT2D eigenvalue weighted by Gasteiger charge is -2.26. The molecule has 0 fully saturated rings. The lowest BCUT2D eigenvalue weighted by molar-refractivity contribution is -0.121. The minimum Gasteiger partial charge on any atom is -0.354 e. The quantitative estimate of drug-likeness (QED) is 0.332. The fourth-order valence-electron chi connectivity index (χ4n) is 2.32. The molecule has 1 atom stereocenters. The highest BCUT2D eigenvalue weighted by atomic mass is 127. The molecule has 1 amide bonds. The van der Waals surface area contributed by atoms with Crippen LogP contribution in [0.2, 0.25) is 0 Å². The fraction of sp³-hybridized carbons (Fsp3) is 0.556. The molecule has 1 unspecified atom stereocenters. The van der Waals surface area contributed by atoms with Crippen molar-refractivity contribution < 1.29 is 9.18 Å². The molecule has 1 aromatic rings. The van der Waals surface area contributed by atoms with Crippen LogP contribution in [-0.2, 0) is 4.79 Å². The molecule has 1 aromatic carbocycles. The Morgan fingerprint density at radius 1 is 1.19 bits per heavy atom. The van der Waals surface area contributed by atoms with Crippen molar-refractivity contribution in [2.24, 2.45) is 4.99 Å². The third-order valence-corrected chi connectivity index (χ3v) is 3.50. The molecule has 26 heavy (non-hydrogen) atoms. The van der Waals surface area contributed by atoms with Crippen LogP contribution < -0.4 is 16.0 Å². The van der Waals surface area contributed by atoms with E-state index in [4.69, 9.17) is 0 Å². The van der Waals surface area contributed by atoms with Gasteiger partial charge in [0, 0.05) is 19.1 Å². The van der Waals surface area contributed by atoms with Gasteiger partial charge in [0.15, 0.2) is 5.96 Å². The van der Waals surface area contributed by atoms with Gasteiger partial charge in [-0.2, -0.15) is 0 Å². The second-order valence-corrected chi connectivity index (χ2v) is 7.14. The highest BCUT2D eigenvalue weighted by Gasteiger charge is 2.16. The van der Waals surface area contributed by atoms with Gasteiger partial charge in [0.2, 0.25) is 5.91 Å². The Morgan fingerprint density at radius 2 is 1.77 bits per heavy atom. The van der Waals surface area contributed by atoms with Crippen LogP contribution in [0.25, 0.3) is 0 Å².